The molecule has 0 bridgehead atoms. The second-order valence-electron chi connectivity index (χ2n) is 7.90. The average Bonchev–Trinajstić information content (AvgIpc) is 3.11. The topological polar surface area (TPSA) is 49.9 Å². The third-order valence-electron chi connectivity index (χ3n) is 5.44. The van der Waals surface area contributed by atoms with Crippen LogP contribution in [0.5, 0.6) is 0 Å². The molecule has 162 valence electrons. The maximum Gasteiger partial charge on any atom is 0.307 e. The van der Waals surface area contributed by atoms with Crippen molar-refractivity contribution in [3.63, 3.8) is 0 Å². The number of anilines is 1. The van der Waals surface area contributed by atoms with Gasteiger partial charge in [-0.2, -0.15) is 0 Å². The molecule has 5 heteroatoms. The molecule has 0 N–H and O–H groups in total. The number of benzene rings is 1. The molecule has 0 aromatic heterocycles. The zero-order valence-corrected chi connectivity index (χ0v) is 18.1. The summed E-state index contributed by atoms with van der Waals surface area (Å²) in [6.45, 7) is 3.92. The summed E-state index contributed by atoms with van der Waals surface area (Å²) in [6, 6.07) is 9.60. The van der Waals surface area contributed by atoms with E-state index < -0.39 is 0 Å². The Labute approximate surface area is 176 Å². The molecule has 0 saturated carbocycles. The molecule has 29 heavy (non-hydrogen) atoms. The predicted molar refractivity (Wildman–Crippen MR) is 118 cm³/mol. The van der Waals surface area contributed by atoms with Crippen LogP contribution < -0.4 is 5.01 Å². The minimum Gasteiger partial charge on any atom is -0.466 e. The fourth-order valence-corrected chi connectivity index (χ4v) is 3.74. The van der Waals surface area contributed by atoms with Crippen molar-refractivity contribution in [3.05, 3.63) is 30.3 Å². The van der Waals surface area contributed by atoms with Crippen LogP contribution in [-0.2, 0) is 14.3 Å². The summed E-state index contributed by atoms with van der Waals surface area (Å²) < 4.78 is 5.37. The zero-order valence-electron chi connectivity index (χ0n) is 18.1. The van der Waals surface area contributed by atoms with Gasteiger partial charge in [-0.25, -0.2) is 10.0 Å². The highest BCUT2D eigenvalue weighted by molar-refractivity contribution is 5.94. The predicted octanol–water partition coefficient (Wildman–Crippen LogP) is 5.49. The molecule has 1 fully saturated rings. The minimum atomic E-state index is -0.173. The molecule has 1 aliphatic heterocycles. The highest BCUT2D eigenvalue weighted by Crippen LogP contribution is 2.22. The Morgan fingerprint density at radius 2 is 1.55 bits per heavy atom. The first-order valence-corrected chi connectivity index (χ1v) is 11.5. The number of amides is 1. The maximum atomic E-state index is 12.2. The summed E-state index contributed by atoms with van der Waals surface area (Å²) in [6.07, 6.45) is 13.5. The van der Waals surface area contributed by atoms with Crippen molar-refractivity contribution >= 4 is 17.6 Å². The Morgan fingerprint density at radius 3 is 2.21 bits per heavy atom. The molecule has 0 radical (unpaired) electrons. The molecule has 1 saturated heterocycles. The molecule has 0 atom stereocenters. The first-order chi connectivity index (χ1) is 14.2. The molecule has 5 nitrogen and oxygen atoms in total. The fraction of sp³-hybridized carbons (Fsp3) is 0.667. The van der Waals surface area contributed by atoms with E-state index in [1.54, 1.807) is 5.01 Å². The number of carbonyl (C=O) groups excluding carboxylic acids is 2. The minimum absolute atomic E-state index is 0.0786. The smallest absolute Gasteiger partial charge is 0.307 e. The Kier molecular flexibility index (Phi) is 11.4. The van der Waals surface area contributed by atoms with Crippen LogP contribution in [-0.4, -0.2) is 36.6 Å². The first kappa shape index (κ1) is 23.4. The molecule has 1 heterocycles. The lowest BCUT2D eigenvalue weighted by Gasteiger charge is -2.27. The van der Waals surface area contributed by atoms with Gasteiger partial charge in [-0.1, -0.05) is 82.9 Å². The van der Waals surface area contributed by atoms with E-state index >= 15 is 0 Å². The maximum absolute atomic E-state index is 12.2. The van der Waals surface area contributed by atoms with Crippen molar-refractivity contribution in [2.75, 3.05) is 24.7 Å². The molecule has 0 spiro atoms. The fourth-order valence-electron chi connectivity index (χ4n) is 3.74. The van der Waals surface area contributed by atoms with E-state index in [4.69, 9.17) is 4.74 Å². The van der Waals surface area contributed by atoms with Gasteiger partial charge in [0.2, 0.25) is 5.91 Å². The number of hydrogen-bond acceptors (Lipinski definition) is 4. The van der Waals surface area contributed by atoms with Crippen molar-refractivity contribution in [2.24, 2.45) is 0 Å². The molecule has 1 aromatic carbocycles. The third kappa shape index (κ3) is 8.99. The van der Waals surface area contributed by atoms with Gasteiger partial charge in [0.05, 0.1) is 18.7 Å². The Bertz CT molecular complexity index is 591. The summed E-state index contributed by atoms with van der Waals surface area (Å²) in [5.74, 6) is -0.0942. The van der Waals surface area contributed by atoms with Crippen molar-refractivity contribution in [3.8, 4) is 0 Å². The van der Waals surface area contributed by atoms with E-state index in [-0.39, 0.29) is 11.9 Å². The van der Waals surface area contributed by atoms with Crippen molar-refractivity contribution in [2.45, 2.75) is 84.0 Å². The van der Waals surface area contributed by atoms with Crippen molar-refractivity contribution in [1.82, 2.24) is 5.01 Å². The Hall–Kier alpha value is -1.88. The van der Waals surface area contributed by atoms with Gasteiger partial charge in [-0.3, -0.25) is 9.59 Å². The van der Waals surface area contributed by atoms with Crippen LogP contribution in [0.15, 0.2) is 30.3 Å². The van der Waals surface area contributed by atoms with Crippen LogP contribution in [0, 0.1) is 0 Å². The first-order valence-electron chi connectivity index (χ1n) is 11.5. The molecule has 0 unspecified atom stereocenters. The van der Waals surface area contributed by atoms with Crippen LogP contribution in [0.3, 0.4) is 0 Å². The monoisotopic (exact) mass is 402 g/mol. The van der Waals surface area contributed by atoms with Crippen LogP contribution in [0.2, 0.25) is 0 Å². The van der Waals surface area contributed by atoms with Crippen LogP contribution in [0.1, 0.15) is 84.0 Å². The van der Waals surface area contributed by atoms with Gasteiger partial charge in [-0.15, -0.1) is 0 Å². The lowest BCUT2D eigenvalue weighted by molar-refractivity contribution is -0.144. The van der Waals surface area contributed by atoms with Gasteiger partial charge in [0.25, 0.3) is 0 Å². The zero-order chi connectivity index (χ0) is 20.7. The largest absolute Gasteiger partial charge is 0.466 e. The van der Waals surface area contributed by atoms with E-state index in [0.29, 0.717) is 32.5 Å². The molecule has 0 aliphatic carbocycles. The molecular formula is C24H38N2O3. The van der Waals surface area contributed by atoms with Gasteiger partial charge < -0.3 is 4.74 Å². The summed E-state index contributed by atoms with van der Waals surface area (Å²) >= 11 is 0. The number of nitrogens with zero attached hydrogens (tertiary/aromatic N) is 2. The van der Waals surface area contributed by atoms with Gasteiger partial charge in [-0.05, 0) is 18.6 Å². The SMILES string of the molecule is CCCCCCCCCCCCOC(=O)CCN1CCC(=O)N1c1ccccc1. The van der Waals surface area contributed by atoms with Crippen LogP contribution >= 0.6 is 0 Å². The number of hydrogen-bond donors (Lipinski definition) is 0. The average molecular weight is 403 g/mol. The molecule has 1 amide bonds. The summed E-state index contributed by atoms with van der Waals surface area (Å²) in [5.41, 5.74) is 0.855. The number of rotatable bonds is 15. The second kappa shape index (κ2) is 14.2. The standard InChI is InChI=1S/C24H38N2O3/c1-2-3-4-5-6-7-8-9-10-14-21-29-24(28)18-20-25-19-17-23(27)26(25)22-15-12-11-13-16-22/h11-13,15-16H,2-10,14,17-21H2,1H3. The number of unbranched alkanes of at least 4 members (excludes halogenated alkanes) is 9. The van der Waals surface area contributed by atoms with E-state index in [1.165, 1.54) is 51.4 Å². The summed E-state index contributed by atoms with van der Waals surface area (Å²) in [7, 11) is 0. The van der Waals surface area contributed by atoms with E-state index in [9.17, 15) is 9.59 Å². The quantitative estimate of drug-likeness (QED) is 0.287. The van der Waals surface area contributed by atoms with Gasteiger partial charge in [0, 0.05) is 19.5 Å². The second-order valence-corrected chi connectivity index (χ2v) is 7.90. The number of ether oxygens (including phenoxy) is 1. The van der Waals surface area contributed by atoms with Gasteiger partial charge in [0.15, 0.2) is 0 Å². The molecule has 1 aliphatic rings. The van der Waals surface area contributed by atoms with Crippen LogP contribution in [0.25, 0.3) is 0 Å². The van der Waals surface area contributed by atoms with E-state index in [1.807, 2.05) is 35.3 Å². The third-order valence-corrected chi connectivity index (χ3v) is 5.44. The van der Waals surface area contributed by atoms with Crippen molar-refractivity contribution in [1.29, 1.82) is 0 Å². The molecular weight excluding hydrogens is 364 g/mol. The molecule has 2 rings (SSSR count). The number of hydrazine groups is 1. The van der Waals surface area contributed by atoms with E-state index in [2.05, 4.69) is 6.92 Å². The lowest BCUT2D eigenvalue weighted by Crippen LogP contribution is -2.40. The molecule has 1 aromatic rings. The van der Waals surface area contributed by atoms with Crippen LogP contribution in [0.4, 0.5) is 5.69 Å². The highest BCUT2D eigenvalue weighted by Gasteiger charge is 2.30. The van der Waals surface area contributed by atoms with Gasteiger partial charge in [0.1, 0.15) is 0 Å². The number of carbonyl (C=O) groups is 2. The Morgan fingerprint density at radius 1 is 0.931 bits per heavy atom. The Balaban J connectivity index is 1.51. The number of para-hydroxylation sites is 1. The van der Waals surface area contributed by atoms with E-state index in [0.717, 1.165) is 18.5 Å². The van der Waals surface area contributed by atoms with Gasteiger partial charge >= 0.3 is 5.97 Å². The summed E-state index contributed by atoms with van der Waals surface area (Å²) in [5, 5.41) is 3.63. The summed E-state index contributed by atoms with van der Waals surface area (Å²) in [4.78, 5) is 24.2. The number of esters is 1. The highest BCUT2D eigenvalue weighted by atomic mass is 16.5. The lowest BCUT2D eigenvalue weighted by atomic mass is 10.1. The van der Waals surface area contributed by atoms with Crippen molar-refractivity contribution < 1.29 is 14.3 Å². The normalized spacial score (nSPS) is 14.5.